The Morgan fingerprint density at radius 2 is 1.48 bits per heavy atom. The Morgan fingerprint density at radius 1 is 0.952 bits per heavy atom. The van der Waals surface area contributed by atoms with E-state index in [-0.39, 0.29) is 30.2 Å². The minimum atomic E-state index is -0.540. The molecule has 124 valence electrons. The summed E-state index contributed by atoms with van der Waals surface area (Å²) in [6.45, 7) is 15.8. The van der Waals surface area contributed by atoms with Crippen molar-refractivity contribution in [3.8, 4) is 0 Å². The van der Waals surface area contributed by atoms with Crippen molar-refractivity contribution in [1.29, 1.82) is 0 Å². The second kappa shape index (κ2) is 7.92. The summed E-state index contributed by atoms with van der Waals surface area (Å²) in [6.07, 6.45) is 0.658. The molecule has 0 radical (unpaired) electrons. The van der Waals surface area contributed by atoms with Gasteiger partial charge < -0.3 is 9.47 Å². The molecule has 0 heterocycles. The Hall–Kier alpha value is -0.900. The van der Waals surface area contributed by atoms with E-state index in [1.54, 1.807) is 13.8 Å². The van der Waals surface area contributed by atoms with Crippen molar-refractivity contribution >= 4 is 11.8 Å². The molecular formula is C17H32O4. The Morgan fingerprint density at radius 3 is 1.90 bits per heavy atom. The Kier molecular flexibility index (Phi) is 7.58. The fraction of sp³-hybridized carbons (Fsp3) is 0.882. The molecule has 0 aliphatic heterocycles. The van der Waals surface area contributed by atoms with Crippen molar-refractivity contribution in [2.75, 3.05) is 13.2 Å². The van der Waals surface area contributed by atoms with E-state index in [0.29, 0.717) is 13.0 Å². The van der Waals surface area contributed by atoms with Crippen LogP contribution in [0.4, 0.5) is 0 Å². The molecule has 0 aromatic carbocycles. The maximum Gasteiger partial charge on any atom is 0.308 e. The van der Waals surface area contributed by atoms with Gasteiger partial charge in [0.1, 0.15) is 12.4 Å². The monoisotopic (exact) mass is 300 g/mol. The zero-order chi connectivity index (χ0) is 16.8. The van der Waals surface area contributed by atoms with Gasteiger partial charge in [-0.05, 0) is 20.3 Å². The first-order chi connectivity index (χ1) is 9.39. The van der Waals surface area contributed by atoms with Crippen molar-refractivity contribution in [2.45, 2.75) is 67.4 Å². The molecule has 0 aromatic heterocycles. The van der Waals surface area contributed by atoms with E-state index in [1.165, 1.54) is 0 Å². The average molecular weight is 300 g/mol. The molecule has 4 nitrogen and oxygen atoms in total. The van der Waals surface area contributed by atoms with Gasteiger partial charge in [0, 0.05) is 17.9 Å². The lowest BCUT2D eigenvalue weighted by Gasteiger charge is -2.29. The van der Waals surface area contributed by atoms with Crippen LogP contribution in [-0.2, 0) is 19.1 Å². The van der Waals surface area contributed by atoms with Crippen LogP contribution in [0.5, 0.6) is 0 Å². The fourth-order valence-electron chi connectivity index (χ4n) is 1.94. The molecule has 0 amide bonds. The number of hydrogen-bond acceptors (Lipinski definition) is 4. The number of ether oxygens (including phenoxy) is 2. The molecule has 0 unspecified atom stereocenters. The SMILES string of the molecule is CC(C)C(=O)OCC(C)(C)OCCC(C)(C)C(=O)C(C)C. The lowest BCUT2D eigenvalue weighted by Crippen LogP contribution is -2.35. The zero-order valence-corrected chi connectivity index (χ0v) is 14.9. The van der Waals surface area contributed by atoms with Crippen LogP contribution in [0.2, 0.25) is 0 Å². The van der Waals surface area contributed by atoms with Gasteiger partial charge in [0.2, 0.25) is 0 Å². The van der Waals surface area contributed by atoms with Crippen LogP contribution in [0.1, 0.15) is 61.8 Å². The lowest BCUT2D eigenvalue weighted by atomic mass is 9.80. The molecule has 0 rings (SSSR count). The molecule has 0 bridgehead atoms. The molecule has 21 heavy (non-hydrogen) atoms. The summed E-state index contributed by atoms with van der Waals surface area (Å²) in [5, 5.41) is 0. The van der Waals surface area contributed by atoms with Crippen LogP contribution in [0.15, 0.2) is 0 Å². The number of rotatable bonds is 9. The average Bonchev–Trinajstić information content (AvgIpc) is 2.34. The van der Waals surface area contributed by atoms with Crippen molar-refractivity contribution in [3.63, 3.8) is 0 Å². The first-order valence-electron chi connectivity index (χ1n) is 7.74. The molecular weight excluding hydrogens is 268 g/mol. The van der Waals surface area contributed by atoms with E-state index in [4.69, 9.17) is 9.47 Å². The van der Waals surface area contributed by atoms with Crippen LogP contribution in [0.25, 0.3) is 0 Å². The maximum atomic E-state index is 12.1. The van der Waals surface area contributed by atoms with Crippen LogP contribution in [0.3, 0.4) is 0 Å². The third kappa shape index (κ3) is 7.60. The van der Waals surface area contributed by atoms with Crippen molar-refractivity contribution in [2.24, 2.45) is 17.3 Å². The number of hydrogen-bond donors (Lipinski definition) is 0. The number of Topliss-reactive ketones (excluding diaryl/α,β-unsaturated/α-hetero) is 1. The van der Waals surface area contributed by atoms with Gasteiger partial charge in [-0.2, -0.15) is 0 Å². The first kappa shape index (κ1) is 20.1. The van der Waals surface area contributed by atoms with Crippen molar-refractivity contribution in [1.82, 2.24) is 0 Å². The first-order valence-corrected chi connectivity index (χ1v) is 7.74. The summed E-state index contributed by atoms with van der Waals surface area (Å²) >= 11 is 0. The minimum absolute atomic E-state index is 0.0278. The van der Waals surface area contributed by atoms with Gasteiger partial charge in [-0.1, -0.05) is 41.5 Å². The van der Waals surface area contributed by atoms with Gasteiger partial charge >= 0.3 is 5.97 Å². The van der Waals surface area contributed by atoms with Gasteiger partial charge in [0.05, 0.1) is 11.5 Å². The molecule has 0 aliphatic carbocycles. The topological polar surface area (TPSA) is 52.6 Å². The minimum Gasteiger partial charge on any atom is -0.462 e. The highest BCUT2D eigenvalue weighted by atomic mass is 16.6. The summed E-state index contributed by atoms with van der Waals surface area (Å²) < 4.78 is 11.0. The molecule has 0 N–H and O–H groups in total. The zero-order valence-electron chi connectivity index (χ0n) is 14.9. The third-order valence-corrected chi connectivity index (χ3v) is 3.44. The number of esters is 1. The Labute approximate surface area is 129 Å². The normalized spacial score (nSPS) is 12.9. The molecule has 0 fully saturated rings. The molecule has 0 atom stereocenters. The van der Waals surface area contributed by atoms with E-state index < -0.39 is 11.0 Å². The van der Waals surface area contributed by atoms with E-state index in [0.717, 1.165) is 0 Å². The molecule has 4 heteroatoms. The van der Waals surface area contributed by atoms with Crippen molar-refractivity contribution < 1.29 is 19.1 Å². The summed E-state index contributed by atoms with van der Waals surface area (Å²) in [6, 6.07) is 0. The molecule has 0 saturated heterocycles. The van der Waals surface area contributed by atoms with Gasteiger partial charge in [0.15, 0.2) is 0 Å². The van der Waals surface area contributed by atoms with Gasteiger partial charge in [-0.3, -0.25) is 9.59 Å². The molecule has 0 aliphatic rings. The molecule has 0 saturated carbocycles. The summed E-state index contributed by atoms with van der Waals surface area (Å²) in [5.41, 5.74) is -0.930. The van der Waals surface area contributed by atoms with E-state index in [9.17, 15) is 9.59 Å². The summed E-state index contributed by atoms with van der Waals surface area (Å²) in [5.74, 6) is -0.0828. The number of carbonyl (C=O) groups is 2. The molecule has 0 spiro atoms. The van der Waals surface area contributed by atoms with Gasteiger partial charge in [-0.15, -0.1) is 0 Å². The van der Waals surface area contributed by atoms with Crippen LogP contribution < -0.4 is 0 Å². The molecule has 0 aromatic rings. The largest absolute Gasteiger partial charge is 0.462 e. The second-order valence-corrected chi connectivity index (χ2v) is 7.52. The predicted octanol–water partition coefficient (Wildman–Crippen LogP) is 3.62. The fourth-order valence-corrected chi connectivity index (χ4v) is 1.94. The van der Waals surface area contributed by atoms with Crippen LogP contribution in [-0.4, -0.2) is 30.6 Å². The van der Waals surface area contributed by atoms with E-state index in [2.05, 4.69) is 0 Å². The van der Waals surface area contributed by atoms with Crippen molar-refractivity contribution in [3.05, 3.63) is 0 Å². The second-order valence-electron chi connectivity index (χ2n) is 7.52. The summed E-state index contributed by atoms with van der Waals surface area (Å²) in [7, 11) is 0. The standard InChI is InChI=1S/C17H32O4/c1-12(2)14(18)16(5,6)9-10-21-17(7,8)11-20-15(19)13(3)4/h12-13H,9-11H2,1-8H3. The van der Waals surface area contributed by atoms with E-state index >= 15 is 0 Å². The Bertz CT molecular complexity index is 354. The predicted molar refractivity (Wildman–Crippen MR) is 84.1 cm³/mol. The lowest BCUT2D eigenvalue weighted by molar-refractivity contribution is -0.157. The van der Waals surface area contributed by atoms with Gasteiger partial charge in [-0.25, -0.2) is 0 Å². The highest BCUT2D eigenvalue weighted by Crippen LogP contribution is 2.26. The number of carbonyl (C=O) groups excluding carboxylic acids is 2. The third-order valence-electron chi connectivity index (χ3n) is 3.44. The highest BCUT2D eigenvalue weighted by molar-refractivity contribution is 5.85. The Balaban J connectivity index is 4.26. The van der Waals surface area contributed by atoms with E-state index in [1.807, 2.05) is 41.5 Å². The maximum absolute atomic E-state index is 12.1. The van der Waals surface area contributed by atoms with Gasteiger partial charge in [0.25, 0.3) is 0 Å². The van der Waals surface area contributed by atoms with Crippen LogP contribution in [0, 0.1) is 17.3 Å². The summed E-state index contributed by atoms with van der Waals surface area (Å²) in [4.78, 5) is 23.5. The quantitative estimate of drug-likeness (QED) is 0.610. The van der Waals surface area contributed by atoms with Crippen LogP contribution >= 0.6 is 0 Å². The smallest absolute Gasteiger partial charge is 0.308 e. The number of ketones is 1. The highest BCUT2D eigenvalue weighted by Gasteiger charge is 2.30.